The van der Waals surface area contributed by atoms with Crippen LogP contribution in [-0.2, 0) is 19.9 Å². The molecule has 0 aliphatic carbocycles. The minimum absolute atomic E-state index is 0.0106. The molecule has 0 fully saturated rings. The molecule has 0 unspecified atom stereocenters. The number of hydrogen-bond donors (Lipinski definition) is 0. The first-order chi connectivity index (χ1) is 13.2. The van der Waals surface area contributed by atoms with Gasteiger partial charge < -0.3 is 4.42 Å². The van der Waals surface area contributed by atoms with Crippen molar-refractivity contribution in [1.82, 2.24) is 8.96 Å². The van der Waals surface area contributed by atoms with Crippen LogP contribution in [0.4, 0.5) is 0 Å². The molecule has 0 aliphatic heterocycles. The molecular formula is C19H16N2O5S2. The zero-order valence-corrected chi connectivity index (χ0v) is 16.7. The molecule has 4 aromatic rings. The molecule has 144 valence electrons. The summed E-state index contributed by atoms with van der Waals surface area (Å²) >= 11 is 0. The summed E-state index contributed by atoms with van der Waals surface area (Å²) in [4.78, 5) is 4.25. The Bertz CT molecular complexity index is 1400. The van der Waals surface area contributed by atoms with E-state index in [1.807, 2.05) is 0 Å². The summed E-state index contributed by atoms with van der Waals surface area (Å²) in [5, 5.41) is 0.381. The fraction of sp³-hybridized carbons (Fsp3) is 0.105. The van der Waals surface area contributed by atoms with E-state index < -0.39 is 19.9 Å². The lowest BCUT2D eigenvalue weighted by Gasteiger charge is -2.10. The van der Waals surface area contributed by atoms with Gasteiger partial charge in [0.2, 0.25) is 0 Å². The maximum atomic E-state index is 13.4. The maximum Gasteiger partial charge on any atom is 0.270 e. The van der Waals surface area contributed by atoms with Crippen molar-refractivity contribution in [3.63, 3.8) is 0 Å². The summed E-state index contributed by atoms with van der Waals surface area (Å²) in [6, 6.07) is 14.3. The molecule has 28 heavy (non-hydrogen) atoms. The number of hydrogen-bond acceptors (Lipinski definition) is 6. The second-order valence-corrected chi connectivity index (χ2v) is 10.2. The quantitative estimate of drug-likeness (QED) is 0.506. The highest BCUT2D eigenvalue weighted by molar-refractivity contribution is 7.90. The van der Waals surface area contributed by atoms with Crippen LogP contribution in [0.1, 0.15) is 5.76 Å². The number of aryl methyl sites for hydroxylation is 1. The first-order valence-corrected chi connectivity index (χ1v) is 11.6. The van der Waals surface area contributed by atoms with Crippen molar-refractivity contribution in [2.75, 3.05) is 6.26 Å². The molecule has 4 rings (SSSR count). The van der Waals surface area contributed by atoms with Gasteiger partial charge in [0.15, 0.2) is 21.2 Å². The van der Waals surface area contributed by atoms with Crippen molar-refractivity contribution in [2.45, 2.75) is 16.7 Å². The summed E-state index contributed by atoms with van der Waals surface area (Å²) in [5.41, 5.74) is 0.394. The summed E-state index contributed by atoms with van der Waals surface area (Å²) in [5.74, 6) is 0.963. The van der Waals surface area contributed by atoms with Gasteiger partial charge in [-0.1, -0.05) is 18.2 Å². The minimum Gasteiger partial charge on any atom is -0.460 e. The number of benzene rings is 1. The molecule has 0 N–H and O–H groups in total. The van der Waals surface area contributed by atoms with Crippen molar-refractivity contribution in [2.24, 2.45) is 0 Å². The van der Waals surface area contributed by atoms with E-state index >= 15 is 0 Å². The van der Waals surface area contributed by atoms with E-state index in [0.29, 0.717) is 16.9 Å². The second kappa shape index (κ2) is 6.32. The zero-order valence-electron chi connectivity index (χ0n) is 15.0. The Labute approximate surface area is 162 Å². The van der Waals surface area contributed by atoms with Crippen LogP contribution in [0.25, 0.3) is 22.5 Å². The highest BCUT2D eigenvalue weighted by Gasteiger charge is 2.26. The lowest BCUT2D eigenvalue weighted by molar-refractivity contribution is 0.544. The van der Waals surface area contributed by atoms with Crippen LogP contribution in [0, 0.1) is 6.92 Å². The number of furan rings is 1. The fourth-order valence-corrected chi connectivity index (χ4v) is 5.02. The van der Waals surface area contributed by atoms with Gasteiger partial charge in [-0.05, 0) is 43.3 Å². The summed E-state index contributed by atoms with van der Waals surface area (Å²) < 4.78 is 57.2. The molecule has 3 aromatic heterocycles. The normalized spacial score (nSPS) is 12.5. The SMILES string of the molecule is Cc1ccc(-c2cc3cc(S(C)(=O)=O)cnc3n2S(=O)(=O)c2ccccc2)o1. The highest BCUT2D eigenvalue weighted by Crippen LogP contribution is 2.33. The first kappa shape index (κ1) is 18.5. The average molecular weight is 416 g/mol. The number of fused-ring (bicyclic) bond motifs is 1. The minimum atomic E-state index is -4.00. The molecular weight excluding hydrogens is 400 g/mol. The molecule has 9 heteroatoms. The van der Waals surface area contributed by atoms with Crippen molar-refractivity contribution < 1.29 is 21.3 Å². The summed E-state index contributed by atoms with van der Waals surface area (Å²) in [7, 11) is -7.49. The van der Waals surface area contributed by atoms with Gasteiger partial charge >= 0.3 is 0 Å². The van der Waals surface area contributed by atoms with E-state index in [2.05, 4.69) is 4.98 Å². The maximum absolute atomic E-state index is 13.4. The van der Waals surface area contributed by atoms with Gasteiger partial charge in [0.25, 0.3) is 10.0 Å². The molecule has 1 aromatic carbocycles. The number of pyridine rings is 1. The highest BCUT2D eigenvalue weighted by atomic mass is 32.2. The molecule has 3 heterocycles. The van der Waals surface area contributed by atoms with Crippen LogP contribution in [0.3, 0.4) is 0 Å². The molecule has 0 atom stereocenters. The predicted molar refractivity (Wildman–Crippen MR) is 104 cm³/mol. The Morgan fingerprint density at radius 3 is 2.25 bits per heavy atom. The van der Waals surface area contributed by atoms with E-state index in [0.717, 1.165) is 16.4 Å². The van der Waals surface area contributed by atoms with Gasteiger partial charge in [-0.15, -0.1) is 0 Å². The molecule has 7 nitrogen and oxygen atoms in total. The number of sulfone groups is 1. The second-order valence-electron chi connectivity index (χ2n) is 6.38. The number of rotatable bonds is 4. The molecule has 0 aliphatic rings. The van der Waals surface area contributed by atoms with Crippen LogP contribution < -0.4 is 0 Å². The van der Waals surface area contributed by atoms with Gasteiger partial charge in [-0.3, -0.25) is 0 Å². The van der Waals surface area contributed by atoms with Gasteiger partial charge in [0.1, 0.15) is 11.5 Å². The molecule has 0 saturated carbocycles. The summed E-state index contributed by atoms with van der Waals surface area (Å²) in [6.45, 7) is 1.75. The zero-order chi connectivity index (χ0) is 20.1. The third-order valence-electron chi connectivity index (χ3n) is 4.28. The van der Waals surface area contributed by atoms with Crippen LogP contribution in [0.15, 0.2) is 75.0 Å². The standard InChI is InChI=1S/C19H16N2O5S2/c1-13-8-9-18(26-13)17-11-14-10-16(27(2,22)23)12-20-19(14)21(17)28(24,25)15-6-4-3-5-7-15/h3-12H,1-2H3. The van der Waals surface area contributed by atoms with Crippen LogP contribution >= 0.6 is 0 Å². The molecule has 0 bridgehead atoms. The van der Waals surface area contributed by atoms with Crippen molar-refractivity contribution in [1.29, 1.82) is 0 Å². The summed E-state index contributed by atoms with van der Waals surface area (Å²) in [6.07, 6.45) is 2.23. The van der Waals surface area contributed by atoms with Gasteiger partial charge in [0, 0.05) is 17.8 Å². The first-order valence-electron chi connectivity index (χ1n) is 8.27. The topological polar surface area (TPSA) is 99.2 Å². The van der Waals surface area contributed by atoms with Gasteiger partial charge in [-0.2, -0.15) is 0 Å². The van der Waals surface area contributed by atoms with E-state index in [1.165, 1.54) is 18.2 Å². The van der Waals surface area contributed by atoms with Crippen LogP contribution in [-0.4, -0.2) is 32.0 Å². The largest absolute Gasteiger partial charge is 0.460 e. The monoisotopic (exact) mass is 416 g/mol. The lowest BCUT2D eigenvalue weighted by atomic mass is 10.3. The van der Waals surface area contributed by atoms with E-state index in [1.54, 1.807) is 43.3 Å². The third kappa shape index (κ3) is 3.02. The number of nitrogens with zero attached hydrogens (tertiary/aromatic N) is 2. The average Bonchev–Trinajstić information content (AvgIpc) is 3.24. The van der Waals surface area contributed by atoms with Crippen molar-refractivity contribution in [3.05, 3.63) is 66.6 Å². The van der Waals surface area contributed by atoms with Crippen molar-refractivity contribution >= 4 is 30.9 Å². The Morgan fingerprint density at radius 2 is 1.64 bits per heavy atom. The van der Waals surface area contributed by atoms with Gasteiger partial charge in [-0.25, -0.2) is 25.8 Å². The van der Waals surface area contributed by atoms with Crippen LogP contribution in [0.5, 0.6) is 0 Å². The van der Waals surface area contributed by atoms with Gasteiger partial charge in [0.05, 0.1) is 9.79 Å². The molecule has 0 saturated heterocycles. The third-order valence-corrected chi connectivity index (χ3v) is 7.07. The predicted octanol–water partition coefficient (Wildman–Crippen LogP) is 3.25. The Hall–Kier alpha value is -2.91. The van der Waals surface area contributed by atoms with E-state index in [9.17, 15) is 16.8 Å². The Kier molecular flexibility index (Phi) is 4.16. The van der Waals surface area contributed by atoms with Crippen molar-refractivity contribution in [3.8, 4) is 11.5 Å². The van der Waals surface area contributed by atoms with E-state index in [4.69, 9.17) is 4.42 Å². The lowest BCUT2D eigenvalue weighted by Crippen LogP contribution is -2.14. The smallest absolute Gasteiger partial charge is 0.270 e. The molecule has 0 spiro atoms. The number of aromatic nitrogens is 2. The van der Waals surface area contributed by atoms with E-state index in [-0.39, 0.29) is 21.1 Å². The van der Waals surface area contributed by atoms with Crippen LogP contribution in [0.2, 0.25) is 0 Å². The molecule has 0 amide bonds. The molecule has 0 radical (unpaired) electrons. The Balaban J connectivity index is 2.08. The Morgan fingerprint density at radius 1 is 0.929 bits per heavy atom. The fourth-order valence-electron chi connectivity index (χ4n) is 2.94.